The van der Waals surface area contributed by atoms with Crippen LogP contribution in [0.1, 0.15) is 42.5 Å². The molecule has 0 unspecified atom stereocenters. The van der Waals surface area contributed by atoms with Crippen LogP contribution in [0.4, 0.5) is 5.69 Å². The molecular formula is C18H23ClN2O. The smallest absolute Gasteiger partial charge is 0.183 e. The molecule has 0 radical (unpaired) electrons. The molecule has 3 nitrogen and oxygen atoms in total. The van der Waals surface area contributed by atoms with E-state index >= 15 is 0 Å². The molecule has 0 saturated heterocycles. The zero-order valence-corrected chi connectivity index (χ0v) is 14.6. The number of halogens is 1. The molecule has 0 bridgehead atoms. The molecule has 0 saturated carbocycles. The lowest BCUT2D eigenvalue weighted by atomic mass is 10.1. The standard InChI is InChI=1S/C18H23ClN2O/c1-12-9-16(13(2)21(12)18(3,4)5)17(22)11-20-15-8-6-7-14(19)10-15/h6-10,20H,11H2,1-5H3. The van der Waals surface area contributed by atoms with Gasteiger partial charge in [-0.15, -0.1) is 0 Å². The second kappa shape index (κ2) is 6.17. The van der Waals surface area contributed by atoms with Crippen LogP contribution in [0.25, 0.3) is 0 Å². The summed E-state index contributed by atoms with van der Waals surface area (Å²) in [7, 11) is 0. The minimum atomic E-state index is -0.0346. The summed E-state index contributed by atoms with van der Waals surface area (Å²) in [6, 6.07) is 9.36. The average molecular weight is 319 g/mol. The second-order valence-electron chi connectivity index (χ2n) is 6.58. The molecule has 1 N–H and O–H groups in total. The van der Waals surface area contributed by atoms with Crippen molar-refractivity contribution in [3.8, 4) is 0 Å². The first-order chi connectivity index (χ1) is 10.2. The van der Waals surface area contributed by atoms with Gasteiger partial charge in [0, 0.05) is 33.2 Å². The Balaban J connectivity index is 2.17. The molecule has 4 heteroatoms. The maximum atomic E-state index is 12.5. The quantitative estimate of drug-likeness (QED) is 0.821. The van der Waals surface area contributed by atoms with Gasteiger partial charge in [-0.25, -0.2) is 0 Å². The Morgan fingerprint density at radius 3 is 2.45 bits per heavy atom. The van der Waals surface area contributed by atoms with Gasteiger partial charge in [0.15, 0.2) is 5.78 Å². The van der Waals surface area contributed by atoms with Crippen molar-refractivity contribution in [1.29, 1.82) is 0 Å². The highest BCUT2D eigenvalue weighted by atomic mass is 35.5. The normalized spacial score (nSPS) is 11.5. The number of carbonyl (C=O) groups excluding carboxylic acids is 1. The van der Waals surface area contributed by atoms with Crippen LogP contribution in [-0.4, -0.2) is 16.9 Å². The van der Waals surface area contributed by atoms with Crippen molar-refractivity contribution in [3.63, 3.8) is 0 Å². The maximum absolute atomic E-state index is 12.5. The highest BCUT2D eigenvalue weighted by molar-refractivity contribution is 6.30. The predicted octanol–water partition coefficient (Wildman–Crippen LogP) is 4.81. The van der Waals surface area contributed by atoms with Crippen molar-refractivity contribution in [2.75, 3.05) is 11.9 Å². The van der Waals surface area contributed by atoms with Gasteiger partial charge in [-0.1, -0.05) is 17.7 Å². The van der Waals surface area contributed by atoms with E-state index in [2.05, 4.69) is 30.7 Å². The molecule has 1 aromatic carbocycles. The first kappa shape index (κ1) is 16.6. The number of anilines is 1. The van der Waals surface area contributed by atoms with Gasteiger partial charge in [-0.2, -0.15) is 0 Å². The second-order valence-corrected chi connectivity index (χ2v) is 7.01. The molecule has 1 aromatic heterocycles. The molecule has 0 aliphatic rings. The van der Waals surface area contributed by atoms with Gasteiger partial charge in [0.2, 0.25) is 0 Å². The van der Waals surface area contributed by atoms with Crippen LogP contribution in [0.2, 0.25) is 5.02 Å². The number of aryl methyl sites for hydroxylation is 1. The number of benzene rings is 1. The van der Waals surface area contributed by atoms with Crippen LogP contribution < -0.4 is 5.32 Å². The maximum Gasteiger partial charge on any atom is 0.183 e. The van der Waals surface area contributed by atoms with Crippen molar-refractivity contribution in [1.82, 2.24) is 4.57 Å². The summed E-state index contributed by atoms with van der Waals surface area (Å²) in [5, 5.41) is 3.79. The van der Waals surface area contributed by atoms with Crippen LogP contribution in [0.3, 0.4) is 0 Å². The van der Waals surface area contributed by atoms with Crippen molar-refractivity contribution in [2.24, 2.45) is 0 Å². The minimum absolute atomic E-state index is 0.0346. The number of Topliss-reactive ketones (excluding diaryl/α,β-unsaturated/α-hetero) is 1. The van der Waals surface area contributed by atoms with Crippen LogP contribution >= 0.6 is 11.6 Å². The summed E-state index contributed by atoms with van der Waals surface area (Å²) in [4.78, 5) is 12.5. The van der Waals surface area contributed by atoms with Crippen molar-refractivity contribution in [3.05, 3.63) is 52.3 Å². The van der Waals surface area contributed by atoms with E-state index in [9.17, 15) is 4.79 Å². The van der Waals surface area contributed by atoms with E-state index in [-0.39, 0.29) is 17.9 Å². The molecule has 1 heterocycles. The Kier molecular flexibility index (Phi) is 4.66. The molecule has 0 amide bonds. The van der Waals surface area contributed by atoms with E-state index in [1.54, 1.807) is 0 Å². The summed E-state index contributed by atoms with van der Waals surface area (Å²) in [5.41, 5.74) is 3.72. The van der Waals surface area contributed by atoms with E-state index in [4.69, 9.17) is 11.6 Å². The Bertz CT molecular complexity index is 696. The van der Waals surface area contributed by atoms with Gasteiger partial charge < -0.3 is 9.88 Å². The molecule has 2 aromatic rings. The molecule has 2 rings (SSSR count). The Morgan fingerprint density at radius 2 is 1.91 bits per heavy atom. The molecule has 0 aliphatic carbocycles. The zero-order chi connectivity index (χ0) is 16.5. The summed E-state index contributed by atoms with van der Waals surface area (Å²) < 4.78 is 2.21. The van der Waals surface area contributed by atoms with Gasteiger partial charge in [-0.3, -0.25) is 4.79 Å². The molecule has 0 atom stereocenters. The third-order valence-corrected chi connectivity index (χ3v) is 3.92. The minimum Gasteiger partial charge on any atom is -0.378 e. The van der Waals surface area contributed by atoms with E-state index in [1.807, 2.05) is 44.2 Å². The average Bonchev–Trinajstić information content (AvgIpc) is 2.71. The van der Waals surface area contributed by atoms with Crippen molar-refractivity contribution < 1.29 is 4.79 Å². The number of carbonyl (C=O) groups is 1. The van der Waals surface area contributed by atoms with Gasteiger partial charge in [-0.05, 0) is 58.9 Å². The number of aromatic nitrogens is 1. The fraction of sp³-hybridized carbons (Fsp3) is 0.389. The fourth-order valence-corrected chi connectivity index (χ4v) is 3.14. The van der Waals surface area contributed by atoms with Crippen LogP contribution in [0.5, 0.6) is 0 Å². The third-order valence-electron chi connectivity index (χ3n) is 3.68. The lowest BCUT2D eigenvalue weighted by molar-refractivity contribution is 0.101. The molecule has 0 aliphatic heterocycles. The van der Waals surface area contributed by atoms with Gasteiger partial charge in [0.1, 0.15) is 0 Å². The van der Waals surface area contributed by atoms with E-state index in [0.717, 1.165) is 22.6 Å². The summed E-state index contributed by atoms with van der Waals surface area (Å²) in [6.45, 7) is 10.7. The van der Waals surface area contributed by atoms with E-state index < -0.39 is 0 Å². The monoisotopic (exact) mass is 318 g/mol. The highest BCUT2D eigenvalue weighted by Crippen LogP contribution is 2.25. The first-order valence-corrected chi connectivity index (χ1v) is 7.80. The van der Waals surface area contributed by atoms with E-state index in [0.29, 0.717) is 5.02 Å². The van der Waals surface area contributed by atoms with Crippen molar-refractivity contribution in [2.45, 2.75) is 40.2 Å². The Labute approximate surface area is 137 Å². The summed E-state index contributed by atoms with van der Waals surface area (Å²) in [5.74, 6) is 0.0866. The molecule has 0 spiro atoms. The summed E-state index contributed by atoms with van der Waals surface area (Å²) in [6.07, 6.45) is 0. The zero-order valence-electron chi connectivity index (χ0n) is 13.8. The first-order valence-electron chi connectivity index (χ1n) is 7.42. The largest absolute Gasteiger partial charge is 0.378 e. The van der Waals surface area contributed by atoms with Crippen LogP contribution in [-0.2, 0) is 5.54 Å². The molecule has 22 heavy (non-hydrogen) atoms. The number of ketones is 1. The Morgan fingerprint density at radius 1 is 1.23 bits per heavy atom. The van der Waals surface area contributed by atoms with Gasteiger partial charge in [0.05, 0.1) is 6.54 Å². The van der Waals surface area contributed by atoms with Gasteiger partial charge in [0.25, 0.3) is 0 Å². The van der Waals surface area contributed by atoms with Gasteiger partial charge >= 0.3 is 0 Å². The van der Waals surface area contributed by atoms with Crippen molar-refractivity contribution >= 4 is 23.1 Å². The SMILES string of the molecule is Cc1cc(C(=O)CNc2cccc(Cl)c2)c(C)n1C(C)(C)C. The predicted molar refractivity (Wildman–Crippen MR) is 93.2 cm³/mol. The number of rotatable bonds is 4. The lowest BCUT2D eigenvalue weighted by Crippen LogP contribution is -2.24. The number of nitrogens with zero attached hydrogens (tertiary/aromatic N) is 1. The summed E-state index contributed by atoms with van der Waals surface area (Å²) >= 11 is 5.95. The highest BCUT2D eigenvalue weighted by Gasteiger charge is 2.22. The number of nitrogens with one attached hydrogen (secondary N) is 1. The fourth-order valence-electron chi connectivity index (χ4n) is 2.95. The number of hydrogen-bond acceptors (Lipinski definition) is 2. The lowest BCUT2D eigenvalue weighted by Gasteiger charge is -2.25. The molecular weight excluding hydrogens is 296 g/mol. The number of hydrogen-bond donors (Lipinski definition) is 1. The Hall–Kier alpha value is -1.74. The topological polar surface area (TPSA) is 34.0 Å². The molecule has 118 valence electrons. The van der Waals surface area contributed by atoms with Crippen LogP contribution in [0, 0.1) is 13.8 Å². The van der Waals surface area contributed by atoms with E-state index in [1.165, 1.54) is 0 Å². The van der Waals surface area contributed by atoms with Crippen LogP contribution in [0.15, 0.2) is 30.3 Å². The third kappa shape index (κ3) is 3.53. The molecule has 0 fully saturated rings.